The van der Waals surface area contributed by atoms with Gasteiger partial charge in [-0.15, -0.1) is 0 Å². The first-order chi connectivity index (χ1) is 22.8. The standard InChI is InChI=1S/C46H30/c1-2-10-31(11-3-1)40-27-41(29-42(28-40)46-30-39-14-6-7-15-43(39)44-16-8-9-17-45(44)46)38-23-22-36-25-35(20-21-37(36)26-38)34-19-18-32-12-4-5-13-33(32)24-34/h1-30H. The van der Waals surface area contributed by atoms with E-state index in [9.17, 15) is 0 Å². The molecule has 0 nitrogen and oxygen atoms in total. The average molecular weight is 583 g/mol. The maximum atomic E-state index is 2.37. The molecule has 0 aliphatic carbocycles. The van der Waals surface area contributed by atoms with Gasteiger partial charge >= 0.3 is 0 Å². The Morgan fingerprint density at radius 3 is 1.35 bits per heavy atom. The van der Waals surface area contributed by atoms with Crippen molar-refractivity contribution in [2.24, 2.45) is 0 Å². The smallest absolute Gasteiger partial charge is 0.00986 e. The Morgan fingerprint density at radius 2 is 0.652 bits per heavy atom. The van der Waals surface area contributed by atoms with Gasteiger partial charge < -0.3 is 0 Å². The normalized spacial score (nSPS) is 11.5. The molecule has 0 saturated carbocycles. The van der Waals surface area contributed by atoms with Crippen LogP contribution >= 0.6 is 0 Å². The van der Waals surface area contributed by atoms with Gasteiger partial charge in [0.25, 0.3) is 0 Å². The largest absolute Gasteiger partial charge is 0.0622 e. The molecular formula is C46H30. The van der Waals surface area contributed by atoms with E-state index < -0.39 is 0 Å². The van der Waals surface area contributed by atoms with E-state index in [0.29, 0.717) is 0 Å². The van der Waals surface area contributed by atoms with Crippen LogP contribution < -0.4 is 0 Å². The van der Waals surface area contributed by atoms with Gasteiger partial charge in [-0.25, -0.2) is 0 Å². The van der Waals surface area contributed by atoms with Crippen LogP contribution in [0.3, 0.4) is 0 Å². The summed E-state index contributed by atoms with van der Waals surface area (Å²) >= 11 is 0. The third-order valence-corrected chi connectivity index (χ3v) is 9.38. The molecule has 0 heteroatoms. The number of hydrogen-bond acceptors (Lipinski definition) is 0. The fourth-order valence-electron chi connectivity index (χ4n) is 7.01. The Bertz CT molecular complexity index is 2570. The molecular weight excluding hydrogens is 553 g/mol. The highest BCUT2D eigenvalue weighted by atomic mass is 14.2. The Kier molecular flexibility index (Phi) is 6.25. The van der Waals surface area contributed by atoms with E-state index in [1.807, 2.05) is 0 Å². The van der Waals surface area contributed by atoms with Crippen molar-refractivity contribution >= 4 is 43.1 Å². The van der Waals surface area contributed by atoms with Gasteiger partial charge in [-0.2, -0.15) is 0 Å². The third-order valence-electron chi connectivity index (χ3n) is 9.38. The molecule has 0 bridgehead atoms. The lowest BCUT2D eigenvalue weighted by molar-refractivity contribution is 1.59. The van der Waals surface area contributed by atoms with E-state index in [-0.39, 0.29) is 0 Å². The van der Waals surface area contributed by atoms with Crippen molar-refractivity contribution in [3.05, 3.63) is 182 Å². The lowest BCUT2D eigenvalue weighted by Gasteiger charge is -2.15. The summed E-state index contributed by atoms with van der Waals surface area (Å²) in [6.07, 6.45) is 0. The van der Waals surface area contributed by atoms with Crippen LogP contribution in [-0.2, 0) is 0 Å². The summed E-state index contributed by atoms with van der Waals surface area (Å²) in [6.45, 7) is 0. The molecule has 0 N–H and O–H groups in total. The highest BCUT2D eigenvalue weighted by Gasteiger charge is 2.13. The Hall–Kier alpha value is -5.98. The Labute approximate surface area is 268 Å². The molecule has 0 amide bonds. The molecule has 0 aliphatic heterocycles. The zero-order chi connectivity index (χ0) is 30.5. The Morgan fingerprint density at radius 1 is 0.196 bits per heavy atom. The second-order valence-electron chi connectivity index (χ2n) is 12.2. The van der Waals surface area contributed by atoms with Crippen molar-refractivity contribution in [1.29, 1.82) is 0 Å². The van der Waals surface area contributed by atoms with E-state index in [1.54, 1.807) is 0 Å². The quantitative estimate of drug-likeness (QED) is 0.181. The first-order valence-electron chi connectivity index (χ1n) is 15.9. The van der Waals surface area contributed by atoms with Gasteiger partial charge in [-0.05, 0) is 130 Å². The van der Waals surface area contributed by atoms with Crippen molar-refractivity contribution in [3.8, 4) is 44.5 Å². The van der Waals surface area contributed by atoms with Crippen LogP contribution in [0.4, 0.5) is 0 Å². The second-order valence-corrected chi connectivity index (χ2v) is 12.2. The van der Waals surface area contributed by atoms with E-state index >= 15 is 0 Å². The number of benzene rings is 9. The minimum atomic E-state index is 1.22. The zero-order valence-corrected chi connectivity index (χ0v) is 25.3. The van der Waals surface area contributed by atoms with Gasteiger partial charge in [0, 0.05) is 0 Å². The summed E-state index contributed by atoms with van der Waals surface area (Å²) < 4.78 is 0. The highest BCUT2D eigenvalue weighted by molar-refractivity contribution is 6.14. The summed E-state index contributed by atoms with van der Waals surface area (Å²) in [5.41, 5.74) is 9.84. The van der Waals surface area contributed by atoms with Crippen LogP contribution in [0.25, 0.3) is 87.6 Å². The molecule has 46 heavy (non-hydrogen) atoms. The minimum Gasteiger partial charge on any atom is -0.0622 e. The van der Waals surface area contributed by atoms with Crippen LogP contribution in [-0.4, -0.2) is 0 Å². The van der Waals surface area contributed by atoms with Crippen molar-refractivity contribution in [2.75, 3.05) is 0 Å². The average Bonchev–Trinajstić information content (AvgIpc) is 3.14. The summed E-state index contributed by atoms with van der Waals surface area (Å²) in [7, 11) is 0. The lowest BCUT2D eigenvalue weighted by Crippen LogP contribution is -1.89. The molecule has 9 aromatic rings. The molecule has 0 spiro atoms. The van der Waals surface area contributed by atoms with E-state index in [1.165, 1.54) is 87.6 Å². The fourth-order valence-corrected chi connectivity index (χ4v) is 7.01. The van der Waals surface area contributed by atoms with Crippen molar-refractivity contribution in [3.63, 3.8) is 0 Å². The first kappa shape index (κ1) is 26.4. The third kappa shape index (κ3) is 4.64. The van der Waals surface area contributed by atoms with Crippen LogP contribution in [0.1, 0.15) is 0 Å². The van der Waals surface area contributed by atoms with Gasteiger partial charge in [0.05, 0.1) is 0 Å². The monoisotopic (exact) mass is 582 g/mol. The maximum absolute atomic E-state index is 2.37. The number of hydrogen-bond donors (Lipinski definition) is 0. The highest BCUT2D eigenvalue weighted by Crippen LogP contribution is 2.39. The van der Waals surface area contributed by atoms with E-state index in [2.05, 4.69) is 182 Å². The zero-order valence-electron chi connectivity index (χ0n) is 25.3. The predicted octanol–water partition coefficient (Wildman–Crippen LogP) is 13.0. The van der Waals surface area contributed by atoms with Gasteiger partial charge in [0.1, 0.15) is 0 Å². The van der Waals surface area contributed by atoms with Crippen molar-refractivity contribution < 1.29 is 0 Å². The molecule has 0 unspecified atom stereocenters. The van der Waals surface area contributed by atoms with E-state index in [4.69, 9.17) is 0 Å². The molecule has 0 heterocycles. The van der Waals surface area contributed by atoms with Crippen molar-refractivity contribution in [2.45, 2.75) is 0 Å². The first-order valence-corrected chi connectivity index (χ1v) is 15.9. The van der Waals surface area contributed by atoms with Gasteiger partial charge in [-0.1, -0.05) is 140 Å². The summed E-state index contributed by atoms with van der Waals surface area (Å²) in [4.78, 5) is 0. The van der Waals surface area contributed by atoms with Crippen LogP contribution in [0, 0.1) is 0 Å². The summed E-state index contributed by atoms with van der Waals surface area (Å²) in [5, 5.41) is 10.1. The van der Waals surface area contributed by atoms with Gasteiger partial charge in [-0.3, -0.25) is 0 Å². The molecule has 0 radical (unpaired) electrons. The molecule has 0 atom stereocenters. The second kappa shape index (κ2) is 10.9. The molecule has 9 rings (SSSR count). The summed E-state index contributed by atoms with van der Waals surface area (Å²) in [5.74, 6) is 0. The molecule has 0 fully saturated rings. The maximum Gasteiger partial charge on any atom is -0.00986 e. The van der Waals surface area contributed by atoms with Crippen LogP contribution in [0.5, 0.6) is 0 Å². The Balaban J connectivity index is 1.20. The predicted molar refractivity (Wildman–Crippen MR) is 198 cm³/mol. The lowest BCUT2D eigenvalue weighted by atomic mass is 9.89. The van der Waals surface area contributed by atoms with Crippen LogP contribution in [0.15, 0.2) is 182 Å². The summed E-state index contributed by atoms with van der Waals surface area (Å²) in [6, 6.07) is 66.7. The topological polar surface area (TPSA) is 0 Å². The van der Waals surface area contributed by atoms with E-state index in [0.717, 1.165) is 0 Å². The number of fused-ring (bicyclic) bond motifs is 5. The molecule has 0 saturated heterocycles. The van der Waals surface area contributed by atoms with Crippen molar-refractivity contribution in [1.82, 2.24) is 0 Å². The minimum absolute atomic E-state index is 1.22. The number of rotatable bonds is 4. The fraction of sp³-hybridized carbons (Fsp3) is 0. The SMILES string of the molecule is c1ccc(-c2cc(-c3ccc4cc(-c5ccc6ccccc6c5)ccc4c3)cc(-c3cc4ccccc4c4ccccc34)c2)cc1. The molecule has 0 aliphatic rings. The molecule has 9 aromatic carbocycles. The van der Waals surface area contributed by atoms with Gasteiger partial charge in [0.15, 0.2) is 0 Å². The molecule has 214 valence electrons. The molecule has 0 aromatic heterocycles. The van der Waals surface area contributed by atoms with Crippen LogP contribution in [0.2, 0.25) is 0 Å². The van der Waals surface area contributed by atoms with Gasteiger partial charge in [0.2, 0.25) is 0 Å².